The predicted molar refractivity (Wildman–Crippen MR) is 253 cm³/mol. The minimum atomic E-state index is -0.652. The van der Waals surface area contributed by atoms with Crippen molar-refractivity contribution in [1.82, 2.24) is 5.32 Å². The van der Waals surface area contributed by atoms with Crippen molar-refractivity contribution in [2.24, 2.45) is 0 Å². The van der Waals surface area contributed by atoms with Crippen LogP contribution in [0.2, 0.25) is 0 Å². The first kappa shape index (κ1) is 56.4. The molecule has 0 aliphatic carbocycles. The van der Waals surface area contributed by atoms with Crippen molar-refractivity contribution < 1.29 is 15.0 Å². The molecule has 57 heavy (non-hydrogen) atoms. The van der Waals surface area contributed by atoms with Crippen LogP contribution in [0, 0.1) is 0 Å². The number of amides is 1. The Kier molecular flexibility index (Phi) is 49.2. The normalized spacial score (nSPS) is 12.7. The molecule has 0 aromatic carbocycles. The van der Waals surface area contributed by atoms with Gasteiger partial charge in [0.2, 0.25) is 5.91 Å². The van der Waals surface area contributed by atoms with E-state index < -0.39 is 12.1 Å². The number of carbonyl (C=O) groups excluding carboxylic acids is 1. The van der Waals surface area contributed by atoms with Crippen LogP contribution >= 0.6 is 0 Å². The number of aliphatic hydroxyl groups is 2. The van der Waals surface area contributed by atoms with Crippen LogP contribution in [0.15, 0.2) is 0 Å². The van der Waals surface area contributed by atoms with E-state index in [0.29, 0.717) is 12.8 Å². The van der Waals surface area contributed by atoms with E-state index in [-0.39, 0.29) is 12.5 Å². The van der Waals surface area contributed by atoms with E-state index in [1.165, 1.54) is 263 Å². The van der Waals surface area contributed by atoms with E-state index in [1.54, 1.807) is 0 Å². The SMILES string of the molecule is CCCCCCCCCCCCCCCCCCCCCCCCCCCCCCCCCCCCCC(=O)NC(CO)C(O)CCCCCCCCCCCC. The molecule has 0 rings (SSSR count). The van der Waals surface area contributed by atoms with Crippen LogP contribution in [-0.4, -0.2) is 34.9 Å². The highest BCUT2D eigenvalue weighted by Crippen LogP contribution is 2.18. The van der Waals surface area contributed by atoms with Crippen LogP contribution in [-0.2, 0) is 4.79 Å². The van der Waals surface area contributed by atoms with Gasteiger partial charge in [0, 0.05) is 6.42 Å². The number of aliphatic hydroxyl groups excluding tert-OH is 2. The third-order valence-corrected chi connectivity index (χ3v) is 12.9. The van der Waals surface area contributed by atoms with Gasteiger partial charge in [-0.2, -0.15) is 0 Å². The monoisotopic (exact) mass is 806 g/mol. The summed E-state index contributed by atoms with van der Waals surface area (Å²) in [7, 11) is 0. The smallest absolute Gasteiger partial charge is 0.220 e. The van der Waals surface area contributed by atoms with Gasteiger partial charge >= 0.3 is 0 Å². The second kappa shape index (κ2) is 49.8. The van der Waals surface area contributed by atoms with E-state index in [9.17, 15) is 15.0 Å². The second-order valence-electron chi connectivity index (χ2n) is 18.7. The molecule has 4 heteroatoms. The fourth-order valence-corrected chi connectivity index (χ4v) is 8.78. The molecule has 0 aliphatic heterocycles. The van der Waals surface area contributed by atoms with E-state index >= 15 is 0 Å². The zero-order valence-corrected chi connectivity index (χ0v) is 39.4. The molecule has 2 atom stereocenters. The Hall–Kier alpha value is -0.610. The summed E-state index contributed by atoms with van der Waals surface area (Å²) < 4.78 is 0. The molecular weight excluding hydrogens is 699 g/mol. The van der Waals surface area contributed by atoms with Crippen molar-refractivity contribution in [3.05, 3.63) is 0 Å². The topological polar surface area (TPSA) is 69.6 Å². The summed E-state index contributed by atoms with van der Waals surface area (Å²) in [6.45, 7) is 4.37. The van der Waals surface area contributed by atoms with Crippen LogP contribution < -0.4 is 5.32 Å². The Morgan fingerprint density at radius 3 is 0.789 bits per heavy atom. The third kappa shape index (κ3) is 46.3. The van der Waals surface area contributed by atoms with Gasteiger partial charge in [0.05, 0.1) is 18.8 Å². The lowest BCUT2D eigenvalue weighted by Crippen LogP contribution is -2.45. The van der Waals surface area contributed by atoms with Crippen LogP contribution in [0.25, 0.3) is 0 Å². The van der Waals surface area contributed by atoms with Crippen molar-refractivity contribution in [2.75, 3.05) is 6.61 Å². The van der Waals surface area contributed by atoms with Gasteiger partial charge < -0.3 is 15.5 Å². The number of rotatable bonds is 50. The van der Waals surface area contributed by atoms with Crippen molar-refractivity contribution in [2.45, 2.75) is 328 Å². The number of carbonyl (C=O) groups is 1. The Morgan fingerprint density at radius 2 is 0.561 bits per heavy atom. The first-order valence-electron chi connectivity index (χ1n) is 26.7. The third-order valence-electron chi connectivity index (χ3n) is 12.9. The molecule has 0 saturated heterocycles. The van der Waals surface area contributed by atoms with Crippen LogP contribution in [0.1, 0.15) is 316 Å². The van der Waals surface area contributed by atoms with Crippen LogP contribution in [0.5, 0.6) is 0 Å². The van der Waals surface area contributed by atoms with Gasteiger partial charge in [-0.05, 0) is 12.8 Å². The lowest BCUT2D eigenvalue weighted by atomic mass is 10.0. The van der Waals surface area contributed by atoms with Gasteiger partial charge in [-0.3, -0.25) is 4.79 Å². The zero-order chi connectivity index (χ0) is 41.4. The molecule has 2 unspecified atom stereocenters. The summed E-state index contributed by atoms with van der Waals surface area (Å²) in [4.78, 5) is 12.4. The van der Waals surface area contributed by atoms with Crippen LogP contribution in [0.4, 0.5) is 0 Å². The van der Waals surface area contributed by atoms with Crippen molar-refractivity contribution in [3.63, 3.8) is 0 Å². The van der Waals surface area contributed by atoms with Gasteiger partial charge in [-0.15, -0.1) is 0 Å². The molecule has 0 fully saturated rings. The molecule has 342 valence electrons. The maximum Gasteiger partial charge on any atom is 0.220 e. The summed E-state index contributed by atoms with van der Waals surface area (Å²) in [5.74, 6) is -0.0257. The fraction of sp³-hybridized carbons (Fsp3) is 0.981. The molecule has 4 nitrogen and oxygen atoms in total. The lowest BCUT2D eigenvalue weighted by Gasteiger charge is -2.22. The number of hydrogen-bond acceptors (Lipinski definition) is 3. The van der Waals surface area contributed by atoms with E-state index in [0.717, 1.165) is 25.7 Å². The minimum Gasteiger partial charge on any atom is -0.394 e. The second-order valence-corrected chi connectivity index (χ2v) is 18.7. The van der Waals surface area contributed by atoms with Crippen molar-refractivity contribution >= 4 is 5.91 Å². The summed E-state index contributed by atoms with van der Waals surface area (Å²) in [6.07, 6.45) is 62.5. The highest BCUT2D eigenvalue weighted by molar-refractivity contribution is 5.76. The van der Waals surface area contributed by atoms with Gasteiger partial charge in [0.15, 0.2) is 0 Å². The van der Waals surface area contributed by atoms with Crippen LogP contribution in [0.3, 0.4) is 0 Å². The van der Waals surface area contributed by atoms with Gasteiger partial charge in [0.1, 0.15) is 0 Å². The molecule has 0 aromatic heterocycles. The fourth-order valence-electron chi connectivity index (χ4n) is 8.78. The average Bonchev–Trinajstić information content (AvgIpc) is 3.22. The molecule has 0 aromatic rings. The van der Waals surface area contributed by atoms with E-state index in [2.05, 4.69) is 19.2 Å². The molecule has 0 radical (unpaired) electrons. The quantitative estimate of drug-likeness (QED) is 0.0536. The molecular formula is C53H107NO3. The number of unbranched alkanes of at least 4 members (excludes halogenated alkanes) is 43. The summed E-state index contributed by atoms with van der Waals surface area (Å²) in [6, 6.07) is -0.529. The first-order chi connectivity index (χ1) is 28.2. The minimum absolute atomic E-state index is 0.0257. The molecule has 0 heterocycles. The summed E-state index contributed by atoms with van der Waals surface area (Å²) in [5.41, 5.74) is 0. The van der Waals surface area contributed by atoms with Crippen molar-refractivity contribution in [1.29, 1.82) is 0 Å². The maximum atomic E-state index is 12.4. The Labute approximate surface area is 359 Å². The van der Waals surface area contributed by atoms with E-state index in [1.807, 2.05) is 0 Å². The first-order valence-corrected chi connectivity index (χ1v) is 26.7. The highest BCUT2D eigenvalue weighted by Gasteiger charge is 2.20. The highest BCUT2D eigenvalue weighted by atomic mass is 16.3. The maximum absolute atomic E-state index is 12.4. The zero-order valence-electron chi connectivity index (χ0n) is 39.4. The molecule has 0 saturated carbocycles. The summed E-state index contributed by atoms with van der Waals surface area (Å²) in [5, 5.41) is 23.1. The Balaban J connectivity index is 3.30. The largest absolute Gasteiger partial charge is 0.394 e. The van der Waals surface area contributed by atoms with E-state index in [4.69, 9.17) is 0 Å². The molecule has 0 aliphatic rings. The summed E-state index contributed by atoms with van der Waals surface area (Å²) >= 11 is 0. The average molecular weight is 806 g/mol. The van der Waals surface area contributed by atoms with Gasteiger partial charge in [0.25, 0.3) is 0 Å². The van der Waals surface area contributed by atoms with Gasteiger partial charge in [-0.1, -0.05) is 296 Å². The standard InChI is InChI=1S/C53H107NO3/c1-3-5-7-9-11-13-15-16-17-18-19-20-21-22-23-24-25-26-27-28-29-30-31-32-33-34-35-36-37-38-39-41-43-45-47-49-53(57)54-51(50-55)52(56)48-46-44-42-40-14-12-10-8-6-4-2/h51-52,55-56H,3-50H2,1-2H3,(H,54,57). The van der Waals surface area contributed by atoms with Crippen molar-refractivity contribution in [3.8, 4) is 0 Å². The predicted octanol–water partition coefficient (Wildman–Crippen LogP) is 17.2. The lowest BCUT2D eigenvalue weighted by molar-refractivity contribution is -0.123. The van der Waals surface area contributed by atoms with Gasteiger partial charge in [-0.25, -0.2) is 0 Å². The number of hydrogen-bond donors (Lipinski definition) is 3. The molecule has 3 N–H and O–H groups in total. The number of nitrogens with one attached hydrogen (secondary N) is 1. The Morgan fingerprint density at radius 1 is 0.351 bits per heavy atom. The molecule has 1 amide bonds. The molecule has 0 spiro atoms. The Bertz CT molecular complexity index is 744. The molecule has 0 bridgehead atoms.